The molecular weight excluding hydrogens is 312 g/mol. The molecule has 0 saturated carbocycles. The second-order valence-electron chi connectivity index (χ2n) is 5.42. The summed E-state index contributed by atoms with van der Waals surface area (Å²) in [6.45, 7) is 2.05. The van der Waals surface area contributed by atoms with Crippen LogP contribution in [-0.2, 0) is 6.42 Å². The molecule has 0 bridgehead atoms. The highest BCUT2D eigenvalue weighted by Gasteiger charge is 2.27. The Bertz CT molecular complexity index is 729. The first-order valence-electron chi connectivity index (χ1n) is 7.16. The monoisotopic (exact) mass is 330 g/mol. The third-order valence-electron chi connectivity index (χ3n) is 3.89. The summed E-state index contributed by atoms with van der Waals surface area (Å²) in [5, 5.41) is 11.6. The molecular formula is C16H19ClN6. The summed E-state index contributed by atoms with van der Waals surface area (Å²) < 4.78 is 0. The van der Waals surface area contributed by atoms with E-state index in [1.807, 2.05) is 24.4 Å². The molecule has 0 saturated heterocycles. The summed E-state index contributed by atoms with van der Waals surface area (Å²) >= 11 is 0. The second-order valence-corrected chi connectivity index (χ2v) is 5.42. The predicted octanol–water partition coefficient (Wildman–Crippen LogP) is 2.12. The number of guanidine groups is 1. The van der Waals surface area contributed by atoms with Gasteiger partial charge >= 0.3 is 0 Å². The lowest BCUT2D eigenvalue weighted by Crippen LogP contribution is -2.29. The lowest BCUT2D eigenvalue weighted by atomic mass is 9.80. The van der Waals surface area contributed by atoms with Gasteiger partial charge in [-0.15, -0.1) is 12.4 Å². The first-order valence-corrected chi connectivity index (χ1v) is 7.16. The summed E-state index contributed by atoms with van der Waals surface area (Å²) in [5.74, 6) is 0.138. The zero-order chi connectivity index (χ0) is 15.5. The molecule has 2 aromatic rings. The maximum Gasteiger partial charge on any atom is 0.206 e. The lowest BCUT2D eigenvalue weighted by molar-refractivity contribution is 0.674. The van der Waals surface area contributed by atoms with Crippen LogP contribution in [0.1, 0.15) is 34.7 Å². The number of hydrazone groups is 1. The minimum atomic E-state index is -0.165. The topological polar surface area (TPSA) is 100 Å². The van der Waals surface area contributed by atoms with E-state index in [0.29, 0.717) is 5.92 Å². The van der Waals surface area contributed by atoms with Crippen molar-refractivity contribution >= 4 is 24.1 Å². The molecule has 1 atom stereocenters. The van der Waals surface area contributed by atoms with Crippen LogP contribution in [0.15, 0.2) is 41.9 Å². The van der Waals surface area contributed by atoms with Crippen LogP contribution in [0.2, 0.25) is 0 Å². The van der Waals surface area contributed by atoms with Crippen LogP contribution in [0.3, 0.4) is 0 Å². The number of hydrogen-bond donors (Lipinski definition) is 3. The second kappa shape index (κ2) is 7.19. The van der Waals surface area contributed by atoms with E-state index in [1.165, 1.54) is 5.56 Å². The maximum absolute atomic E-state index is 7.30. The number of nitrogens with one attached hydrogen (secondary N) is 2. The molecule has 7 heteroatoms. The predicted molar refractivity (Wildman–Crippen MR) is 93.1 cm³/mol. The third kappa shape index (κ3) is 3.65. The van der Waals surface area contributed by atoms with Crippen molar-refractivity contribution in [2.24, 2.45) is 10.8 Å². The molecule has 0 spiro atoms. The number of rotatable bonds is 2. The Balaban J connectivity index is 0.00000192. The smallest absolute Gasteiger partial charge is 0.206 e. The van der Waals surface area contributed by atoms with Gasteiger partial charge in [-0.3, -0.25) is 15.4 Å². The van der Waals surface area contributed by atoms with E-state index in [-0.39, 0.29) is 18.4 Å². The quantitative estimate of drug-likeness (QED) is 0.446. The van der Waals surface area contributed by atoms with Crippen molar-refractivity contribution in [1.29, 1.82) is 5.41 Å². The van der Waals surface area contributed by atoms with Crippen LogP contribution >= 0.6 is 12.4 Å². The van der Waals surface area contributed by atoms with Crippen molar-refractivity contribution in [1.82, 2.24) is 15.4 Å². The fourth-order valence-corrected chi connectivity index (χ4v) is 2.91. The van der Waals surface area contributed by atoms with E-state index < -0.39 is 0 Å². The van der Waals surface area contributed by atoms with Crippen molar-refractivity contribution in [2.75, 3.05) is 0 Å². The minimum Gasteiger partial charge on any atom is -0.369 e. The molecule has 120 valence electrons. The van der Waals surface area contributed by atoms with Gasteiger partial charge < -0.3 is 5.73 Å². The van der Waals surface area contributed by atoms with Crippen LogP contribution in [0.4, 0.5) is 0 Å². The summed E-state index contributed by atoms with van der Waals surface area (Å²) in [6, 6.07) is 6.04. The van der Waals surface area contributed by atoms with Gasteiger partial charge in [-0.2, -0.15) is 5.10 Å². The molecule has 4 N–H and O–H groups in total. The fourth-order valence-electron chi connectivity index (χ4n) is 2.91. The molecule has 0 radical (unpaired) electrons. The highest BCUT2D eigenvalue weighted by molar-refractivity contribution is 6.04. The number of nitrogens with two attached hydrogens (primary N) is 1. The third-order valence-corrected chi connectivity index (χ3v) is 3.89. The Hall–Kier alpha value is -2.47. The van der Waals surface area contributed by atoms with Crippen molar-refractivity contribution in [3.8, 4) is 0 Å². The van der Waals surface area contributed by atoms with Crippen LogP contribution in [-0.4, -0.2) is 21.6 Å². The Morgan fingerprint density at radius 1 is 1.26 bits per heavy atom. The Morgan fingerprint density at radius 2 is 2.00 bits per heavy atom. The molecule has 0 aromatic carbocycles. The van der Waals surface area contributed by atoms with Gasteiger partial charge in [-0.05, 0) is 55.0 Å². The van der Waals surface area contributed by atoms with Gasteiger partial charge in [0.2, 0.25) is 5.96 Å². The van der Waals surface area contributed by atoms with Gasteiger partial charge in [0.25, 0.3) is 0 Å². The zero-order valence-electron chi connectivity index (χ0n) is 12.8. The first-order chi connectivity index (χ1) is 10.6. The lowest BCUT2D eigenvalue weighted by Gasteiger charge is -2.26. The largest absolute Gasteiger partial charge is 0.369 e. The van der Waals surface area contributed by atoms with E-state index in [4.69, 9.17) is 11.1 Å². The average molecular weight is 331 g/mol. The van der Waals surface area contributed by atoms with Crippen molar-refractivity contribution in [3.05, 3.63) is 59.2 Å². The van der Waals surface area contributed by atoms with Crippen LogP contribution in [0.5, 0.6) is 0 Å². The first kappa shape index (κ1) is 16.9. The fraction of sp³-hybridized carbons (Fsp3) is 0.250. The average Bonchev–Trinajstić information content (AvgIpc) is 2.53. The van der Waals surface area contributed by atoms with E-state index in [9.17, 15) is 0 Å². The van der Waals surface area contributed by atoms with Gasteiger partial charge in [-0.1, -0.05) is 0 Å². The van der Waals surface area contributed by atoms with Gasteiger partial charge in [0.05, 0.1) is 11.4 Å². The molecule has 3 rings (SSSR count). The number of nitrogens with zero attached hydrogens (tertiary/aromatic N) is 3. The van der Waals surface area contributed by atoms with Gasteiger partial charge in [0.15, 0.2) is 0 Å². The zero-order valence-corrected chi connectivity index (χ0v) is 13.6. The Morgan fingerprint density at radius 3 is 2.70 bits per heavy atom. The summed E-state index contributed by atoms with van der Waals surface area (Å²) in [5.41, 5.74) is 13.3. The highest BCUT2D eigenvalue weighted by Crippen LogP contribution is 2.33. The van der Waals surface area contributed by atoms with Gasteiger partial charge in [-0.25, -0.2) is 5.43 Å². The van der Waals surface area contributed by atoms with E-state index >= 15 is 0 Å². The van der Waals surface area contributed by atoms with E-state index in [2.05, 4.69) is 27.4 Å². The number of aryl methyl sites for hydroxylation is 1. The Kier molecular flexibility index (Phi) is 5.28. The van der Waals surface area contributed by atoms with Crippen molar-refractivity contribution < 1.29 is 0 Å². The number of halogens is 1. The molecule has 6 nitrogen and oxygen atoms in total. The molecule has 23 heavy (non-hydrogen) atoms. The number of aromatic nitrogens is 2. The van der Waals surface area contributed by atoms with Crippen LogP contribution in [0, 0.1) is 12.3 Å². The number of hydrogen-bond acceptors (Lipinski definition) is 4. The normalized spacial score (nSPS) is 18.0. The Labute approximate surface area is 141 Å². The molecule has 0 aliphatic heterocycles. The molecule has 2 heterocycles. The maximum atomic E-state index is 7.30. The van der Waals surface area contributed by atoms with Crippen molar-refractivity contribution in [3.63, 3.8) is 0 Å². The van der Waals surface area contributed by atoms with E-state index in [1.54, 1.807) is 12.4 Å². The molecule has 1 aliphatic carbocycles. The summed E-state index contributed by atoms with van der Waals surface area (Å²) in [7, 11) is 0. The highest BCUT2D eigenvalue weighted by atomic mass is 35.5. The van der Waals surface area contributed by atoms with Crippen LogP contribution in [0.25, 0.3) is 0 Å². The summed E-state index contributed by atoms with van der Waals surface area (Å²) in [6.07, 6.45) is 7.10. The van der Waals surface area contributed by atoms with Crippen molar-refractivity contribution in [2.45, 2.75) is 25.7 Å². The molecule has 1 aliphatic rings. The number of pyridine rings is 2. The molecule has 0 amide bonds. The molecule has 2 aromatic heterocycles. The minimum absolute atomic E-state index is 0. The number of fused-ring (bicyclic) bond motifs is 1. The SMILES string of the molecule is Cc1ccnc2c1/C(=N\NC(=N)N)CC(c1ccncc1)C2.Cl. The van der Waals surface area contributed by atoms with Gasteiger partial charge in [0.1, 0.15) is 0 Å². The van der Waals surface area contributed by atoms with Crippen LogP contribution < -0.4 is 11.2 Å². The summed E-state index contributed by atoms with van der Waals surface area (Å²) in [4.78, 5) is 8.60. The van der Waals surface area contributed by atoms with E-state index in [0.717, 1.165) is 35.4 Å². The standard InChI is InChI=1S/C16H18N6.ClH/c1-10-2-7-20-13-8-12(11-3-5-19-6-4-11)9-14(15(10)13)21-22-16(17)18;/h2-7,12H,8-9H2,1H3,(H4,17,18,22);1H/b21-14-;. The molecule has 0 fully saturated rings. The molecule has 1 unspecified atom stereocenters. The van der Waals surface area contributed by atoms with Gasteiger partial charge in [0, 0.05) is 24.2 Å².